The number of aryl methyl sites for hydroxylation is 1. The van der Waals surface area contributed by atoms with Crippen LogP contribution in [-0.4, -0.2) is 51.1 Å². The van der Waals surface area contributed by atoms with Crippen molar-refractivity contribution in [1.29, 1.82) is 0 Å². The number of rotatable bonds is 5. The first kappa shape index (κ1) is 24.1. The summed E-state index contributed by atoms with van der Waals surface area (Å²) in [6.07, 6.45) is 4.83. The maximum Gasteiger partial charge on any atom is 0.294 e. The van der Waals surface area contributed by atoms with Gasteiger partial charge in [0.15, 0.2) is 0 Å². The van der Waals surface area contributed by atoms with Crippen molar-refractivity contribution < 1.29 is 14.4 Å². The van der Waals surface area contributed by atoms with Crippen LogP contribution in [0.4, 0.5) is 4.79 Å². The molecule has 3 heterocycles. The van der Waals surface area contributed by atoms with E-state index in [1.807, 2.05) is 38.1 Å². The van der Waals surface area contributed by atoms with Crippen LogP contribution in [0, 0.1) is 13.8 Å². The highest BCUT2D eigenvalue weighted by molar-refractivity contribution is 8.18. The normalized spacial score (nSPS) is 17.3. The van der Waals surface area contributed by atoms with Gasteiger partial charge in [-0.15, -0.1) is 0 Å². The van der Waals surface area contributed by atoms with Crippen LogP contribution in [0.15, 0.2) is 65.6 Å². The molecule has 0 spiro atoms. The average Bonchev–Trinajstić information content (AvgIpc) is 3.33. The standard InChI is InChI=1S/C29H29N3O3S/c1-20-17-24(21(2)32(20)25-13-11-23(12-14-25)22-9-5-3-6-10-22)18-26-28(34)31(29(35)36-26)19-27(33)30-15-7-4-8-16-30/h3,5-6,9-14,17-18H,4,7-8,15-16,19H2,1-2H3/b26-18-. The first-order valence-electron chi connectivity index (χ1n) is 12.3. The molecule has 2 aliphatic rings. The molecule has 0 atom stereocenters. The largest absolute Gasteiger partial charge is 0.341 e. The third-order valence-corrected chi connectivity index (χ3v) is 7.77. The van der Waals surface area contributed by atoms with E-state index >= 15 is 0 Å². The molecule has 2 fully saturated rings. The van der Waals surface area contributed by atoms with E-state index in [4.69, 9.17) is 0 Å². The number of thioether (sulfide) groups is 1. The predicted molar refractivity (Wildman–Crippen MR) is 144 cm³/mol. The number of nitrogens with zero attached hydrogens (tertiary/aromatic N) is 3. The van der Waals surface area contributed by atoms with Crippen molar-refractivity contribution in [3.05, 3.63) is 82.5 Å². The summed E-state index contributed by atoms with van der Waals surface area (Å²) < 4.78 is 2.14. The molecular weight excluding hydrogens is 470 g/mol. The van der Waals surface area contributed by atoms with Gasteiger partial charge >= 0.3 is 0 Å². The Balaban J connectivity index is 1.35. The van der Waals surface area contributed by atoms with Gasteiger partial charge in [-0.3, -0.25) is 19.3 Å². The monoisotopic (exact) mass is 499 g/mol. The molecule has 0 N–H and O–H groups in total. The summed E-state index contributed by atoms with van der Waals surface area (Å²) in [6, 6.07) is 20.7. The summed E-state index contributed by atoms with van der Waals surface area (Å²) >= 11 is 0.903. The highest BCUT2D eigenvalue weighted by Crippen LogP contribution is 2.34. The van der Waals surface area contributed by atoms with Crippen molar-refractivity contribution in [3.63, 3.8) is 0 Å². The van der Waals surface area contributed by atoms with Gasteiger partial charge in [0.05, 0.1) is 4.91 Å². The van der Waals surface area contributed by atoms with Crippen molar-refractivity contribution in [2.45, 2.75) is 33.1 Å². The van der Waals surface area contributed by atoms with Crippen molar-refractivity contribution in [1.82, 2.24) is 14.4 Å². The molecule has 2 aliphatic heterocycles. The van der Waals surface area contributed by atoms with Crippen LogP contribution in [0.2, 0.25) is 0 Å². The molecule has 2 saturated heterocycles. The SMILES string of the molecule is Cc1cc(/C=C2\SC(=O)N(CC(=O)N3CCCCC3)C2=O)c(C)n1-c1ccc(-c2ccccc2)cc1. The van der Waals surface area contributed by atoms with Gasteiger partial charge in [-0.1, -0.05) is 42.5 Å². The van der Waals surface area contributed by atoms with Crippen molar-refractivity contribution in [2.24, 2.45) is 0 Å². The van der Waals surface area contributed by atoms with Crippen LogP contribution in [0.5, 0.6) is 0 Å². The van der Waals surface area contributed by atoms with E-state index in [1.165, 1.54) is 5.56 Å². The van der Waals surface area contributed by atoms with Crippen molar-refractivity contribution in [3.8, 4) is 16.8 Å². The molecule has 3 amide bonds. The van der Waals surface area contributed by atoms with Gasteiger partial charge in [0.25, 0.3) is 11.1 Å². The lowest BCUT2D eigenvalue weighted by molar-refractivity contribution is -0.136. The van der Waals surface area contributed by atoms with Crippen LogP contribution in [0.25, 0.3) is 22.9 Å². The molecule has 0 bridgehead atoms. The van der Waals surface area contributed by atoms with E-state index in [1.54, 1.807) is 11.0 Å². The zero-order valence-electron chi connectivity index (χ0n) is 20.6. The molecule has 0 saturated carbocycles. The maximum atomic E-state index is 13.0. The number of carbonyl (C=O) groups excluding carboxylic acids is 3. The fourth-order valence-electron chi connectivity index (χ4n) is 4.92. The van der Waals surface area contributed by atoms with Crippen molar-refractivity contribution >= 4 is 34.9 Å². The average molecular weight is 500 g/mol. The number of carbonyl (C=O) groups is 3. The summed E-state index contributed by atoms with van der Waals surface area (Å²) in [4.78, 5) is 41.4. The first-order valence-corrected chi connectivity index (χ1v) is 13.1. The van der Waals surface area contributed by atoms with Gasteiger partial charge in [0.1, 0.15) is 6.54 Å². The lowest BCUT2D eigenvalue weighted by Gasteiger charge is -2.27. The number of imide groups is 1. The van der Waals surface area contributed by atoms with Crippen molar-refractivity contribution in [2.75, 3.05) is 19.6 Å². The fraction of sp³-hybridized carbons (Fsp3) is 0.276. The molecule has 5 rings (SSSR count). The van der Waals surface area contributed by atoms with Crippen LogP contribution in [-0.2, 0) is 9.59 Å². The number of aromatic nitrogens is 1. The number of amides is 3. The van der Waals surface area contributed by atoms with E-state index in [-0.39, 0.29) is 17.7 Å². The summed E-state index contributed by atoms with van der Waals surface area (Å²) in [7, 11) is 0. The van der Waals surface area contributed by atoms with Crippen LogP contribution >= 0.6 is 11.8 Å². The Morgan fingerprint density at radius 2 is 1.58 bits per heavy atom. The molecule has 184 valence electrons. The number of piperidine rings is 1. The Hall–Kier alpha value is -3.58. The van der Waals surface area contributed by atoms with Gasteiger partial charge in [-0.25, -0.2) is 0 Å². The molecule has 3 aromatic rings. The molecule has 6 nitrogen and oxygen atoms in total. The van der Waals surface area contributed by atoms with E-state index < -0.39 is 5.91 Å². The zero-order chi connectivity index (χ0) is 25.2. The molecule has 36 heavy (non-hydrogen) atoms. The number of hydrogen-bond acceptors (Lipinski definition) is 4. The third-order valence-electron chi connectivity index (χ3n) is 6.87. The quantitative estimate of drug-likeness (QED) is 0.416. The number of benzene rings is 2. The molecular formula is C29H29N3O3S. The van der Waals surface area contributed by atoms with E-state index in [9.17, 15) is 14.4 Å². The van der Waals surface area contributed by atoms with Gasteiger partial charge in [0.2, 0.25) is 5.91 Å². The summed E-state index contributed by atoms with van der Waals surface area (Å²) in [6.45, 7) is 5.24. The molecule has 0 radical (unpaired) electrons. The third kappa shape index (κ3) is 4.75. The second-order valence-electron chi connectivity index (χ2n) is 9.28. The number of hydrogen-bond donors (Lipinski definition) is 0. The Bertz CT molecular complexity index is 1340. The fourth-order valence-corrected chi connectivity index (χ4v) is 5.75. The highest BCUT2D eigenvalue weighted by atomic mass is 32.2. The minimum Gasteiger partial charge on any atom is -0.341 e. The Morgan fingerprint density at radius 1 is 0.917 bits per heavy atom. The van der Waals surface area contributed by atoms with Crippen LogP contribution in [0.3, 0.4) is 0 Å². The van der Waals surface area contributed by atoms with Gasteiger partial charge in [-0.05, 0) is 85.8 Å². The van der Waals surface area contributed by atoms with Gasteiger partial charge in [0, 0.05) is 30.2 Å². The van der Waals surface area contributed by atoms with E-state index in [0.717, 1.165) is 64.1 Å². The lowest BCUT2D eigenvalue weighted by atomic mass is 10.1. The summed E-state index contributed by atoms with van der Waals surface area (Å²) in [5, 5.41) is -0.387. The van der Waals surface area contributed by atoms with Gasteiger partial charge in [-0.2, -0.15) is 0 Å². The Kier molecular flexibility index (Phi) is 6.83. The highest BCUT2D eigenvalue weighted by Gasteiger charge is 2.37. The minimum atomic E-state index is -0.396. The van der Waals surface area contributed by atoms with Crippen LogP contribution < -0.4 is 0 Å². The minimum absolute atomic E-state index is 0.157. The molecule has 2 aromatic carbocycles. The Morgan fingerprint density at radius 3 is 2.28 bits per heavy atom. The topological polar surface area (TPSA) is 62.6 Å². The molecule has 0 aliphatic carbocycles. The van der Waals surface area contributed by atoms with E-state index in [2.05, 4.69) is 41.0 Å². The lowest BCUT2D eigenvalue weighted by Crippen LogP contribution is -2.44. The molecule has 1 aromatic heterocycles. The summed E-state index contributed by atoms with van der Waals surface area (Å²) in [5.74, 6) is -0.553. The number of likely N-dealkylation sites (tertiary alicyclic amines) is 1. The second-order valence-corrected chi connectivity index (χ2v) is 10.3. The second kappa shape index (κ2) is 10.2. The molecule has 0 unspecified atom stereocenters. The summed E-state index contributed by atoms with van der Waals surface area (Å²) in [5.41, 5.74) is 6.24. The van der Waals surface area contributed by atoms with Crippen LogP contribution in [0.1, 0.15) is 36.2 Å². The smallest absolute Gasteiger partial charge is 0.294 e. The predicted octanol–water partition coefficient (Wildman–Crippen LogP) is 5.81. The molecule has 7 heteroatoms. The Labute approximate surface area is 215 Å². The zero-order valence-corrected chi connectivity index (χ0v) is 21.4. The maximum absolute atomic E-state index is 13.0. The first-order chi connectivity index (χ1) is 17.4. The van der Waals surface area contributed by atoms with E-state index in [0.29, 0.717) is 18.0 Å². The van der Waals surface area contributed by atoms with Gasteiger partial charge < -0.3 is 9.47 Å².